The minimum absolute atomic E-state index is 0.112. The molecule has 0 aromatic carbocycles. The molecule has 0 aromatic heterocycles. The quantitative estimate of drug-likeness (QED) is 0.455. The standard InChI is InChI=1S/C22H34O4/c1-13(2)16-11-19(25-15(4)23)21(5)12-20-22(6,26-20)10-9-18(24)14(3)7-8-17(16)21/h16-20,24H,1,3,7-12H2,2,4-6H3. The maximum Gasteiger partial charge on any atom is 0.302 e. The molecule has 2 aliphatic carbocycles. The number of epoxide rings is 1. The summed E-state index contributed by atoms with van der Waals surface area (Å²) < 4.78 is 11.9. The van der Waals surface area contributed by atoms with Gasteiger partial charge in [0.25, 0.3) is 0 Å². The fourth-order valence-electron chi connectivity index (χ4n) is 5.41. The maximum atomic E-state index is 11.8. The highest BCUT2D eigenvalue weighted by Crippen LogP contribution is 2.59. The number of hydrogen-bond donors (Lipinski definition) is 1. The van der Waals surface area contributed by atoms with Crippen LogP contribution in [0.4, 0.5) is 0 Å². The van der Waals surface area contributed by atoms with Crippen LogP contribution >= 0.6 is 0 Å². The Balaban J connectivity index is 1.94. The monoisotopic (exact) mass is 362 g/mol. The lowest BCUT2D eigenvalue weighted by Gasteiger charge is -2.38. The fourth-order valence-corrected chi connectivity index (χ4v) is 5.41. The second kappa shape index (κ2) is 6.79. The first-order chi connectivity index (χ1) is 12.1. The summed E-state index contributed by atoms with van der Waals surface area (Å²) in [5, 5.41) is 10.5. The number of carbonyl (C=O) groups is 1. The van der Waals surface area contributed by atoms with E-state index in [1.165, 1.54) is 6.92 Å². The van der Waals surface area contributed by atoms with Crippen LogP contribution in [0.3, 0.4) is 0 Å². The first kappa shape index (κ1) is 19.6. The molecule has 3 fully saturated rings. The van der Waals surface area contributed by atoms with Crippen molar-refractivity contribution in [2.24, 2.45) is 17.3 Å². The highest BCUT2D eigenvalue weighted by atomic mass is 16.6. The third-order valence-corrected chi connectivity index (χ3v) is 7.30. The summed E-state index contributed by atoms with van der Waals surface area (Å²) in [6.45, 7) is 16.3. The molecule has 1 aliphatic heterocycles. The molecule has 4 nitrogen and oxygen atoms in total. The lowest BCUT2D eigenvalue weighted by Crippen LogP contribution is -2.38. The highest BCUT2D eigenvalue weighted by molar-refractivity contribution is 5.66. The van der Waals surface area contributed by atoms with E-state index in [2.05, 4.69) is 33.9 Å². The van der Waals surface area contributed by atoms with Crippen LogP contribution < -0.4 is 0 Å². The van der Waals surface area contributed by atoms with Crippen molar-refractivity contribution >= 4 is 5.97 Å². The number of hydrogen-bond acceptors (Lipinski definition) is 4. The Kier molecular flexibility index (Phi) is 5.13. The SMILES string of the molecule is C=C1CCC2C(C(=C)C)CC(OC(C)=O)C2(C)CC2OC2(C)CCC1O. The molecule has 1 N–H and O–H groups in total. The van der Waals surface area contributed by atoms with Crippen LogP contribution in [0.1, 0.15) is 66.2 Å². The largest absolute Gasteiger partial charge is 0.462 e. The average molecular weight is 363 g/mol. The predicted molar refractivity (Wildman–Crippen MR) is 102 cm³/mol. The van der Waals surface area contributed by atoms with Gasteiger partial charge in [-0.15, -0.1) is 0 Å². The van der Waals surface area contributed by atoms with Crippen molar-refractivity contribution in [3.63, 3.8) is 0 Å². The Hall–Kier alpha value is -1.13. The van der Waals surface area contributed by atoms with Gasteiger partial charge >= 0.3 is 5.97 Å². The second-order valence-corrected chi connectivity index (χ2v) is 9.27. The van der Waals surface area contributed by atoms with Crippen LogP contribution in [0.2, 0.25) is 0 Å². The summed E-state index contributed by atoms with van der Waals surface area (Å²) in [7, 11) is 0. The van der Waals surface area contributed by atoms with Gasteiger partial charge in [0.1, 0.15) is 6.10 Å². The molecule has 0 radical (unpaired) electrons. The summed E-state index contributed by atoms with van der Waals surface area (Å²) in [5.41, 5.74) is 1.73. The van der Waals surface area contributed by atoms with Gasteiger partial charge in [-0.3, -0.25) is 4.79 Å². The van der Waals surface area contributed by atoms with E-state index in [9.17, 15) is 9.90 Å². The Bertz CT molecular complexity index is 611. The zero-order valence-electron chi connectivity index (χ0n) is 16.7. The van der Waals surface area contributed by atoms with E-state index in [1.54, 1.807) is 0 Å². The van der Waals surface area contributed by atoms with Crippen molar-refractivity contribution < 1.29 is 19.4 Å². The molecule has 0 aromatic rings. The Morgan fingerprint density at radius 1 is 1.31 bits per heavy atom. The minimum atomic E-state index is -0.463. The van der Waals surface area contributed by atoms with Gasteiger partial charge in [-0.05, 0) is 69.8 Å². The smallest absolute Gasteiger partial charge is 0.302 e. The maximum absolute atomic E-state index is 11.8. The number of aliphatic hydroxyl groups is 1. The van der Waals surface area contributed by atoms with Crippen LogP contribution in [0.15, 0.2) is 24.3 Å². The van der Waals surface area contributed by atoms with E-state index in [-0.39, 0.29) is 29.2 Å². The van der Waals surface area contributed by atoms with Gasteiger partial charge in [-0.1, -0.05) is 25.7 Å². The third kappa shape index (κ3) is 3.50. The van der Waals surface area contributed by atoms with Crippen molar-refractivity contribution in [3.8, 4) is 0 Å². The number of esters is 1. The predicted octanol–water partition coefficient (Wildman–Crippen LogP) is 4.18. The van der Waals surface area contributed by atoms with Crippen molar-refractivity contribution in [2.45, 2.75) is 90.1 Å². The Morgan fingerprint density at radius 2 is 2.00 bits per heavy atom. The Morgan fingerprint density at radius 3 is 2.62 bits per heavy atom. The summed E-state index contributed by atoms with van der Waals surface area (Å²) in [6, 6.07) is 0. The summed E-state index contributed by atoms with van der Waals surface area (Å²) in [5.74, 6) is 0.450. The van der Waals surface area contributed by atoms with Gasteiger partial charge < -0.3 is 14.6 Å². The lowest BCUT2D eigenvalue weighted by atomic mass is 9.68. The average Bonchev–Trinajstić information content (AvgIpc) is 3.09. The van der Waals surface area contributed by atoms with E-state index >= 15 is 0 Å². The zero-order chi connectivity index (χ0) is 19.3. The van der Waals surface area contributed by atoms with Crippen molar-refractivity contribution in [3.05, 3.63) is 24.3 Å². The number of allylic oxidation sites excluding steroid dienone is 1. The summed E-state index contributed by atoms with van der Waals surface area (Å²) in [4.78, 5) is 11.8. The summed E-state index contributed by atoms with van der Waals surface area (Å²) >= 11 is 0. The number of fused-ring (bicyclic) bond motifs is 2. The first-order valence-corrected chi connectivity index (χ1v) is 9.93. The molecule has 7 atom stereocenters. The molecule has 4 heteroatoms. The fraction of sp³-hybridized carbons (Fsp3) is 0.773. The molecular weight excluding hydrogens is 328 g/mol. The molecule has 26 heavy (non-hydrogen) atoms. The molecule has 2 saturated carbocycles. The molecule has 3 rings (SSSR count). The van der Waals surface area contributed by atoms with Gasteiger partial charge in [0.15, 0.2) is 0 Å². The number of rotatable bonds is 2. The van der Waals surface area contributed by atoms with Crippen LogP contribution in [0, 0.1) is 17.3 Å². The normalized spacial score (nSPS) is 45.9. The molecule has 3 aliphatic rings. The van der Waals surface area contributed by atoms with Crippen molar-refractivity contribution in [1.82, 2.24) is 0 Å². The first-order valence-electron chi connectivity index (χ1n) is 9.93. The third-order valence-electron chi connectivity index (χ3n) is 7.30. The van der Waals surface area contributed by atoms with E-state index in [1.807, 2.05) is 0 Å². The van der Waals surface area contributed by atoms with E-state index < -0.39 is 6.10 Å². The van der Waals surface area contributed by atoms with Gasteiger partial charge in [0.2, 0.25) is 0 Å². The van der Waals surface area contributed by atoms with Crippen LogP contribution in [0.25, 0.3) is 0 Å². The molecule has 0 spiro atoms. The van der Waals surface area contributed by atoms with Crippen LogP contribution in [-0.2, 0) is 14.3 Å². The lowest BCUT2D eigenvalue weighted by molar-refractivity contribution is -0.152. The van der Waals surface area contributed by atoms with Crippen molar-refractivity contribution in [2.75, 3.05) is 0 Å². The molecule has 1 saturated heterocycles. The minimum Gasteiger partial charge on any atom is -0.462 e. The highest BCUT2D eigenvalue weighted by Gasteiger charge is 2.61. The molecular formula is C22H34O4. The van der Waals surface area contributed by atoms with Gasteiger partial charge in [-0.2, -0.15) is 0 Å². The zero-order valence-corrected chi connectivity index (χ0v) is 16.7. The van der Waals surface area contributed by atoms with Gasteiger partial charge in [0, 0.05) is 12.3 Å². The second-order valence-electron chi connectivity index (χ2n) is 9.27. The molecule has 0 bridgehead atoms. The topological polar surface area (TPSA) is 59.1 Å². The Labute approximate surface area is 157 Å². The van der Waals surface area contributed by atoms with E-state index in [0.29, 0.717) is 18.3 Å². The number of aliphatic hydroxyl groups excluding tert-OH is 1. The van der Waals surface area contributed by atoms with E-state index in [0.717, 1.165) is 43.3 Å². The van der Waals surface area contributed by atoms with Crippen molar-refractivity contribution in [1.29, 1.82) is 0 Å². The molecule has 0 amide bonds. The number of carbonyl (C=O) groups excluding carboxylic acids is 1. The van der Waals surface area contributed by atoms with E-state index in [4.69, 9.17) is 9.47 Å². The van der Waals surface area contributed by atoms with Crippen LogP contribution in [-0.4, -0.2) is 35.0 Å². The summed E-state index contributed by atoms with van der Waals surface area (Å²) in [6.07, 6.45) is 4.58. The van der Waals surface area contributed by atoms with Gasteiger partial charge in [-0.25, -0.2) is 0 Å². The molecule has 1 heterocycles. The van der Waals surface area contributed by atoms with Gasteiger partial charge in [0.05, 0.1) is 17.8 Å². The molecule has 146 valence electrons. The molecule has 7 unspecified atom stereocenters. The number of ether oxygens (including phenoxy) is 2. The van der Waals surface area contributed by atoms with Crippen LogP contribution in [0.5, 0.6) is 0 Å².